The molecule has 2 aromatic rings. The monoisotopic (exact) mass is 236 g/mol. The number of nitrogen functional groups attached to an aromatic ring is 1. The number of pyridine rings is 1. The predicted octanol–water partition coefficient (Wildman–Crippen LogP) is 3.05. The Morgan fingerprint density at radius 1 is 1.25 bits per heavy atom. The number of rotatable bonds is 2. The molecular weight excluding hydrogens is 227 g/mol. The molecule has 1 heterocycles. The molecule has 1 aromatic heterocycles. The van der Waals surface area contributed by atoms with Crippen molar-refractivity contribution < 1.29 is 4.39 Å². The Balaban J connectivity index is 2.31. The van der Waals surface area contributed by atoms with E-state index in [4.69, 9.17) is 17.3 Å². The zero-order valence-corrected chi connectivity index (χ0v) is 9.21. The third-order valence-corrected chi connectivity index (χ3v) is 2.57. The molecule has 0 atom stereocenters. The first-order valence-electron chi connectivity index (χ1n) is 4.79. The molecule has 0 saturated carbocycles. The highest BCUT2D eigenvalue weighted by Gasteiger charge is 2.06. The van der Waals surface area contributed by atoms with Crippen LogP contribution in [0.25, 0.3) is 0 Å². The second kappa shape index (κ2) is 4.49. The Kier molecular flexibility index (Phi) is 3.06. The van der Waals surface area contributed by atoms with E-state index in [2.05, 4.69) is 4.98 Å². The summed E-state index contributed by atoms with van der Waals surface area (Å²) in [4.78, 5) is 3.96. The Morgan fingerprint density at radius 3 is 2.75 bits per heavy atom. The third kappa shape index (κ3) is 2.31. The van der Waals surface area contributed by atoms with Crippen molar-refractivity contribution in [2.75, 3.05) is 5.73 Å². The van der Waals surface area contributed by atoms with Crippen molar-refractivity contribution in [3.63, 3.8) is 0 Å². The summed E-state index contributed by atoms with van der Waals surface area (Å²) in [6, 6.07) is 6.31. The Bertz CT molecular complexity index is 514. The summed E-state index contributed by atoms with van der Waals surface area (Å²) in [5, 5.41) is 0.389. The molecule has 0 fully saturated rings. The molecule has 4 heteroatoms. The second-order valence-electron chi connectivity index (χ2n) is 3.49. The van der Waals surface area contributed by atoms with Gasteiger partial charge in [-0.15, -0.1) is 0 Å². The highest BCUT2D eigenvalue weighted by Crippen LogP contribution is 2.19. The molecule has 0 amide bonds. The van der Waals surface area contributed by atoms with Crippen molar-refractivity contribution in [1.82, 2.24) is 4.98 Å². The average Bonchev–Trinajstić information content (AvgIpc) is 2.25. The van der Waals surface area contributed by atoms with E-state index in [0.29, 0.717) is 22.7 Å². The van der Waals surface area contributed by atoms with Gasteiger partial charge in [0, 0.05) is 29.5 Å². The van der Waals surface area contributed by atoms with E-state index in [-0.39, 0.29) is 5.82 Å². The maximum absolute atomic E-state index is 13.5. The first-order valence-corrected chi connectivity index (χ1v) is 5.17. The standard InChI is InChI=1S/C12H10ClFN2/c13-10-2-1-8(11(14)6-10)5-9-7-16-4-3-12(9)15/h1-4,6-7H,5H2,(H2,15,16). The second-order valence-corrected chi connectivity index (χ2v) is 3.92. The molecule has 0 aliphatic rings. The van der Waals surface area contributed by atoms with E-state index >= 15 is 0 Å². The van der Waals surface area contributed by atoms with E-state index in [0.717, 1.165) is 5.56 Å². The molecule has 82 valence electrons. The van der Waals surface area contributed by atoms with Crippen LogP contribution in [-0.4, -0.2) is 4.98 Å². The van der Waals surface area contributed by atoms with Gasteiger partial charge in [0.25, 0.3) is 0 Å². The van der Waals surface area contributed by atoms with Crippen LogP contribution in [0.1, 0.15) is 11.1 Å². The van der Waals surface area contributed by atoms with Crippen LogP contribution in [-0.2, 0) is 6.42 Å². The molecule has 2 rings (SSSR count). The van der Waals surface area contributed by atoms with Gasteiger partial charge in [-0.2, -0.15) is 0 Å². The smallest absolute Gasteiger partial charge is 0.128 e. The van der Waals surface area contributed by atoms with Gasteiger partial charge in [0.15, 0.2) is 0 Å². The molecule has 0 spiro atoms. The maximum Gasteiger partial charge on any atom is 0.128 e. The fourth-order valence-electron chi connectivity index (χ4n) is 1.46. The van der Waals surface area contributed by atoms with Crippen LogP contribution in [0.5, 0.6) is 0 Å². The highest BCUT2D eigenvalue weighted by molar-refractivity contribution is 6.30. The fraction of sp³-hybridized carbons (Fsp3) is 0.0833. The summed E-state index contributed by atoms with van der Waals surface area (Å²) in [6.45, 7) is 0. The minimum Gasteiger partial charge on any atom is -0.398 e. The molecule has 1 aromatic carbocycles. The first kappa shape index (κ1) is 10.9. The van der Waals surface area contributed by atoms with E-state index in [1.54, 1.807) is 30.6 Å². The molecule has 0 radical (unpaired) electrons. The van der Waals surface area contributed by atoms with Gasteiger partial charge in [0.1, 0.15) is 5.82 Å². The Morgan fingerprint density at radius 2 is 2.06 bits per heavy atom. The predicted molar refractivity (Wildman–Crippen MR) is 62.9 cm³/mol. The van der Waals surface area contributed by atoms with E-state index < -0.39 is 0 Å². The average molecular weight is 237 g/mol. The van der Waals surface area contributed by atoms with E-state index in [1.165, 1.54) is 6.07 Å². The number of benzene rings is 1. The summed E-state index contributed by atoms with van der Waals surface area (Å²) in [7, 11) is 0. The topological polar surface area (TPSA) is 38.9 Å². The third-order valence-electron chi connectivity index (χ3n) is 2.34. The highest BCUT2D eigenvalue weighted by atomic mass is 35.5. The summed E-state index contributed by atoms with van der Waals surface area (Å²) >= 11 is 5.67. The number of anilines is 1. The van der Waals surface area contributed by atoms with Gasteiger partial charge in [0.05, 0.1) is 0 Å². The number of nitrogens with zero attached hydrogens (tertiary/aromatic N) is 1. The molecule has 0 aliphatic carbocycles. The number of halogens is 2. The first-order chi connectivity index (χ1) is 7.66. The Labute approximate surface area is 97.9 Å². The molecule has 16 heavy (non-hydrogen) atoms. The number of hydrogen-bond acceptors (Lipinski definition) is 2. The van der Waals surface area contributed by atoms with Gasteiger partial charge < -0.3 is 5.73 Å². The van der Waals surface area contributed by atoms with Gasteiger partial charge >= 0.3 is 0 Å². The van der Waals surface area contributed by atoms with Crippen LogP contribution >= 0.6 is 11.6 Å². The Hall–Kier alpha value is -1.61. The van der Waals surface area contributed by atoms with Crippen molar-refractivity contribution in [2.24, 2.45) is 0 Å². The lowest BCUT2D eigenvalue weighted by Gasteiger charge is -2.06. The van der Waals surface area contributed by atoms with Gasteiger partial charge in [0.2, 0.25) is 0 Å². The van der Waals surface area contributed by atoms with Crippen LogP contribution in [0.2, 0.25) is 5.02 Å². The maximum atomic E-state index is 13.5. The normalized spacial score (nSPS) is 10.4. The largest absolute Gasteiger partial charge is 0.398 e. The summed E-state index contributed by atoms with van der Waals surface area (Å²) < 4.78 is 13.5. The zero-order valence-electron chi connectivity index (χ0n) is 8.45. The molecule has 2 nitrogen and oxygen atoms in total. The molecule has 0 saturated heterocycles. The molecule has 0 aliphatic heterocycles. The van der Waals surface area contributed by atoms with Crippen molar-refractivity contribution >= 4 is 17.3 Å². The van der Waals surface area contributed by atoms with Gasteiger partial charge in [-0.05, 0) is 29.3 Å². The minimum atomic E-state index is -0.323. The van der Waals surface area contributed by atoms with E-state index in [1.807, 2.05) is 0 Å². The number of aromatic nitrogens is 1. The molecule has 0 unspecified atom stereocenters. The van der Waals surface area contributed by atoms with Crippen LogP contribution in [0, 0.1) is 5.82 Å². The molecular formula is C12H10ClFN2. The van der Waals surface area contributed by atoms with E-state index in [9.17, 15) is 4.39 Å². The lowest BCUT2D eigenvalue weighted by Crippen LogP contribution is -1.98. The molecule has 2 N–H and O–H groups in total. The van der Waals surface area contributed by atoms with Crippen molar-refractivity contribution in [3.05, 3.63) is 58.6 Å². The van der Waals surface area contributed by atoms with Crippen molar-refractivity contribution in [1.29, 1.82) is 0 Å². The summed E-state index contributed by atoms with van der Waals surface area (Å²) in [5.41, 5.74) is 7.74. The van der Waals surface area contributed by atoms with Gasteiger partial charge in [-0.1, -0.05) is 17.7 Å². The van der Waals surface area contributed by atoms with Crippen molar-refractivity contribution in [2.45, 2.75) is 6.42 Å². The zero-order chi connectivity index (χ0) is 11.5. The minimum absolute atomic E-state index is 0.323. The van der Waals surface area contributed by atoms with Crippen LogP contribution < -0.4 is 5.73 Å². The number of nitrogens with two attached hydrogens (primary N) is 1. The lowest BCUT2D eigenvalue weighted by atomic mass is 10.1. The van der Waals surface area contributed by atoms with Crippen LogP contribution in [0.3, 0.4) is 0 Å². The van der Waals surface area contributed by atoms with Crippen LogP contribution in [0.15, 0.2) is 36.7 Å². The SMILES string of the molecule is Nc1ccncc1Cc1ccc(Cl)cc1F. The van der Waals surface area contributed by atoms with Gasteiger partial charge in [-0.3, -0.25) is 4.98 Å². The quantitative estimate of drug-likeness (QED) is 0.871. The molecule has 0 bridgehead atoms. The summed E-state index contributed by atoms with van der Waals surface area (Å²) in [5.74, 6) is -0.323. The fourth-order valence-corrected chi connectivity index (χ4v) is 1.61. The van der Waals surface area contributed by atoms with Crippen molar-refractivity contribution in [3.8, 4) is 0 Å². The number of hydrogen-bond donors (Lipinski definition) is 1. The van der Waals surface area contributed by atoms with Crippen LogP contribution in [0.4, 0.5) is 10.1 Å². The lowest BCUT2D eigenvalue weighted by molar-refractivity contribution is 0.614. The van der Waals surface area contributed by atoms with Gasteiger partial charge in [-0.25, -0.2) is 4.39 Å². The summed E-state index contributed by atoms with van der Waals surface area (Å²) in [6.07, 6.45) is 3.67.